The van der Waals surface area contributed by atoms with E-state index in [0.29, 0.717) is 16.1 Å². The monoisotopic (exact) mass is 400 g/mol. The lowest BCUT2D eigenvalue weighted by Crippen LogP contribution is -2.42. The van der Waals surface area contributed by atoms with E-state index in [-0.39, 0.29) is 5.56 Å². The summed E-state index contributed by atoms with van der Waals surface area (Å²) in [6.07, 6.45) is 0. The molecular weight excluding hydrogens is 380 g/mol. The van der Waals surface area contributed by atoms with Crippen LogP contribution in [0, 0.1) is 13.8 Å². The SMILES string of the molecule is Cc1sc(NC(=O)CN2C(=O)NC(C)(c3ccccc3)C2=O)c(C(N)=O)c1C. The minimum atomic E-state index is -1.24. The first-order valence-electron chi connectivity index (χ1n) is 8.54. The number of hydrogen-bond acceptors (Lipinski definition) is 5. The Morgan fingerprint density at radius 2 is 1.86 bits per heavy atom. The third kappa shape index (κ3) is 3.24. The summed E-state index contributed by atoms with van der Waals surface area (Å²) in [5, 5.41) is 5.55. The van der Waals surface area contributed by atoms with Crippen LogP contribution in [0.15, 0.2) is 30.3 Å². The van der Waals surface area contributed by atoms with Crippen molar-refractivity contribution in [3.05, 3.63) is 51.9 Å². The highest BCUT2D eigenvalue weighted by Gasteiger charge is 2.49. The van der Waals surface area contributed by atoms with Gasteiger partial charge in [-0.3, -0.25) is 19.3 Å². The second-order valence-electron chi connectivity index (χ2n) is 6.71. The molecule has 146 valence electrons. The van der Waals surface area contributed by atoms with Gasteiger partial charge in [-0.25, -0.2) is 4.79 Å². The summed E-state index contributed by atoms with van der Waals surface area (Å²) in [5.41, 5.74) is 5.71. The van der Waals surface area contributed by atoms with Crippen LogP contribution in [0.3, 0.4) is 0 Å². The number of primary amides is 1. The van der Waals surface area contributed by atoms with Crippen LogP contribution in [-0.2, 0) is 15.1 Å². The first-order valence-corrected chi connectivity index (χ1v) is 9.36. The largest absolute Gasteiger partial charge is 0.365 e. The van der Waals surface area contributed by atoms with Crippen LogP contribution in [0.25, 0.3) is 0 Å². The Morgan fingerprint density at radius 3 is 2.46 bits per heavy atom. The van der Waals surface area contributed by atoms with Gasteiger partial charge >= 0.3 is 6.03 Å². The van der Waals surface area contributed by atoms with Crippen LogP contribution in [0.4, 0.5) is 9.80 Å². The first-order chi connectivity index (χ1) is 13.1. The van der Waals surface area contributed by atoms with E-state index in [9.17, 15) is 19.2 Å². The highest BCUT2D eigenvalue weighted by molar-refractivity contribution is 7.16. The minimum absolute atomic E-state index is 0.238. The molecule has 3 rings (SSSR count). The van der Waals surface area contributed by atoms with Crippen molar-refractivity contribution in [1.82, 2.24) is 10.2 Å². The Bertz CT molecular complexity index is 985. The molecule has 2 heterocycles. The maximum absolute atomic E-state index is 12.9. The summed E-state index contributed by atoms with van der Waals surface area (Å²) in [4.78, 5) is 51.0. The van der Waals surface area contributed by atoms with Crippen molar-refractivity contribution in [2.75, 3.05) is 11.9 Å². The van der Waals surface area contributed by atoms with E-state index in [1.807, 2.05) is 6.92 Å². The number of carbonyl (C=O) groups excluding carboxylic acids is 4. The third-order valence-electron chi connectivity index (χ3n) is 4.81. The molecule has 1 aliphatic rings. The van der Waals surface area contributed by atoms with Gasteiger partial charge in [0.2, 0.25) is 5.91 Å². The molecule has 28 heavy (non-hydrogen) atoms. The summed E-state index contributed by atoms with van der Waals surface area (Å²) in [6, 6.07) is 8.15. The molecule has 0 aliphatic carbocycles. The van der Waals surface area contributed by atoms with Gasteiger partial charge in [0.05, 0.1) is 5.56 Å². The van der Waals surface area contributed by atoms with Crippen LogP contribution in [0.5, 0.6) is 0 Å². The number of thiophene rings is 1. The molecule has 0 saturated carbocycles. The first kappa shape index (κ1) is 19.6. The van der Waals surface area contributed by atoms with E-state index in [0.717, 1.165) is 9.78 Å². The number of benzene rings is 1. The number of imide groups is 1. The second-order valence-corrected chi connectivity index (χ2v) is 7.94. The van der Waals surface area contributed by atoms with Crippen LogP contribution >= 0.6 is 11.3 Å². The van der Waals surface area contributed by atoms with Crippen molar-refractivity contribution < 1.29 is 19.2 Å². The van der Waals surface area contributed by atoms with Crippen LogP contribution < -0.4 is 16.4 Å². The lowest BCUT2D eigenvalue weighted by molar-refractivity contribution is -0.133. The number of rotatable bonds is 5. The Kier molecular flexibility index (Phi) is 4.95. The lowest BCUT2D eigenvalue weighted by atomic mass is 9.92. The number of amides is 5. The van der Waals surface area contributed by atoms with Gasteiger partial charge in [-0.05, 0) is 31.9 Å². The Morgan fingerprint density at radius 1 is 1.21 bits per heavy atom. The van der Waals surface area contributed by atoms with Crippen molar-refractivity contribution in [2.24, 2.45) is 5.73 Å². The molecule has 1 saturated heterocycles. The Hall–Kier alpha value is -3.20. The maximum Gasteiger partial charge on any atom is 0.325 e. The van der Waals surface area contributed by atoms with Crippen molar-refractivity contribution in [1.29, 1.82) is 0 Å². The number of nitrogens with zero attached hydrogens (tertiary/aromatic N) is 1. The number of carbonyl (C=O) groups is 4. The van der Waals surface area contributed by atoms with E-state index >= 15 is 0 Å². The fourth-order valence-electron chi connectivity index (χ4n) is 3.13. The van der Waals surface area contributed by atoms with E-state index < -0.39 is 35.8 Å². The van der Waals surface area contributed by atoms with Crippen molar-refractivity contribution in [2.45, 2.75) is 26.3 Å². The molecule has 1 atom stereocenters. The van der Waals surface area contributed by atoms with Crippen LogP contribution in [0.1, 0.15) is 33.3 Å². The van der Waals surface area contributed by atoms with Crippen molar-refractivity contribution in [3.8, 4) is 0 Å². The molecule has 1 aromatic carbocycles. The normalized spacial score (nSPS) is 18.9. The number of aryl methyl sites for hydroxylation is 1. The quantitative estimate of drug-likeness (QED) is 0.663. The summed E-state index contributed by atoms with van der Waals surface area (Å²) in [5.74, 6) is -1.76. The highest BCUT2D eigenvalue weighted by Crippen LogP contribution is 2.32. The van der Waals surface area contributed by atoms with Gasteiger partial charge in [-0.15, -0.1) is 11.3 Å². The molecule has 0 bridgehead atoms. The predicted octanol–water partition coefficient (Wildman–Crippen LogP) is 1.87. The number of nitrogens with two attached hydrogens (primary N) is 1. The highest BCUT2D eigenvalue weighted by atomic mass is 32.1. The summed E-state index contributed by atoms with van der Waals surface area (Å²) in [6.45, 7) is 4.67. The zero-order valence-corrected chi connectivity index (χ0v) is 16.5. The van der Waals surface area contributed by atoms with E-state index in [1.54, 1.807) is 44.2 Å². The van der Waals surface area contributed by atoms with Gasteiger partial charge in [0.15, 0.2) is 0 Å². The van der Waals surface area contributed by atoms with E-state index in [2.05, 4.69) is 10.6 Å². The molecule has 1 aliphatic heterocycles. The Labute approximate surface area is 165 Å². The molecule has 9 heteroatoms. The summed E-state index contributed by atoms with van der Waals surface area (Å²) >= 11 is 1.22. The molecule has 2 aromatic rings. The van der Waals surface area contributed by atoms with Gasteiger partial charge < -0.3 is 16.4 Å². The average molecular weight is 400 g/mol. The van der Waals surface area contributed by atoms with E-state index in [4.69, 9.17) is 5.73 Å². The fourth-order valence-corrected chi connectivity index (χ4v) is 4.21. The number of nitrogens with one attached hydrogen (secondary N) is 2. The van der Waals surface area contributed by atoms with Gasteiger partial charge in [-0.1, -0.05) is 30.3 Å². The summed E-state index contributed by atoms with van der Waals surface area (Å²) < 4.78 is 0. The molecule has 5 amide bonds. The number of urea groups is 1. The minimum Gasteiger partial charge on any atom is -0.365 e. The van der Waals surface area contributed by atoms with Gasteiger partial charge in [0.1, 0.15) is 17.1 Å². The average Bonchev–Trinajstić information content (AvgIpc) is 3.04. The zero-order valence-electron chi connectivity index (χ0n) is 15.7. The van der Waals surface area contributed by atoms with Crippen molar-refractivity contribution in [3.63, 3.8) is 0 Å². The van der Waals surface area contributed by atoms with E-state index in [1.165, 1.54) is 11.3 Å². The molecule has 4 N–H and O–H groups in total. The lowest BCUT2D eigenvalue weighted by Gasteiger charge is -2.22. The molecule has 1 unspecified atom stereocenters. The Balaban J connectivity index is 1.78. The smallest absolute Gasteiger partial charge is 0.325 e. The molecule has 0 radical (unpaired) electrons. The molecular formula is C19H20N4O4S. The fraction of sp³-hybridized carbons (Fsp3) is 0.263. The number of hydrogen-bond donors (Lipinski definition) is 3. The standard InChI is InChI=1S/C19H20N4O4S/c1-10-11(2)28-16(14(10)15(20)25)21-13(24)9-23-17(26)19(3,22-18(23)27)12-7-5-4-6-8-12/h4-8H,9H2,1-3H3,(H2,20,25)(H,21,24)(H,22,27). The molecule has 1 fully saturated rings. The maximum atomic E-state index is 12.9. The second kappa shape index (κ2) is 7.08. The van der Waals surface area contributed by atoms with Gasteiger partial charge in [0.25, 0.3) is 11.8 Å². The van der Waals surface area contributed by atoms with Crippen LogP contribution in [0.2, 0.25) is 0 Å². The molecule has 1 aromatic heterocycles. The molecule has 8 nitrogen and oxygen atoms in total. The summed E-state index contributed by atoms with van der Waals surface area (Å²) in [7, 11) is 0. The predicted molar refractivity (Wildman–Crippen MR) is 105 cm³/mol. The zero-order chi connectivity index (χ0) is 20.6. The topological polar surface area (TPSA) is 122 Å². The van der Waals surface area contributed by atoms with Crippen LogP contribution in [-0.4, -0.2) is 35.2 Å². The number of anilines is 1. The third-order valence-corrected chi connectivity index (χ3v) is 5.94. The van der Waals surface area contributed by atoms with Gasteiger partial charge in [0, 0.05) is 4.88 Å². The molecule has 0 spiro atoms. The van der Waals surface area contributed by atoms with Gasteiger partial charge in [-0.2, -0.15) is 0 Å². The van der Waals surface area contributed by atoms with Crippen molar-refractivity contribution >= 4 is 40.1 Å².